The average Bonchev–Trinajstić information content (AvgIpc) is 2.14. The van der Waals surface area contributed by atoms with E-state index in [0.717, 1.165) is 0 Å². The Morgan fingerprint density at radius 1 is 1.56 bits per heavy atom. The summed E-state index contributed by atoms with van der Waals surface area (Å²) in [5, 5.41) is 7.19. The number of rotatable bonds is 1. The van der Waals surface area contributed by atoms with Crippen LogP contribution in [0.4, 0.5) is 5.95 Å². The van der Waals surface area contributed by atoms with Crippen LogP contribution in [0.5, 0.6) is 0 Å². The highest BCUT2D eigenvalue weighted by Gasteiger charge is 2.02. The zero-order valence-corrected chi connectivity index (χ0v) is 5.13. The number of hydrogen-bond donors (Lipinski definition) is 3. The molecule has 0 amide bonds. The van der Waals surface area contributed by atoms with Crippen LogP contribution in [-0.2, 0) is 0 Å². The van der Waals surface area contributed by atoms with Gasteiger partial charge in [0.2, 0.25) is 5.95 Å². The zero-order valence-electron chi connectivity index (χ0n) is 5.13. The third-order valence-electron chi connectivity index (χ3n) is 0.953. The van der Waals surface area contributed by atoms with E-state index in [0.29, 0.717) is 11.8 Å². The standard InChI is InChI=1S/C4H9N5/c1-2(5)3-7-4(6)9-8-3/h2H,5H2,1H3,(H3,6,7,8,9). The van der Waals surface area contributed by atoms with Gasteiger partial charge in [0.25, 0.3) is 0 Å². The molecule has 0 saturated carbocycles. The molecule has 0 aliphatic rings. The Bertz CT molecular complexity index is 191. The van der Waals surface area contributed by atoms with Crippen molar-refractivity contribution >= 4 is 5.95 Å². The number of aromatic nitrogens is 3. The Kier molecular flexibility index (Phi) is 1.35. The minimum Gasteiger partial charge on any atom is -0.368 e. The van der Waals surface area contributed by atoms with Crippen LogP contribution in [0.1, 0.15) is 18.8 Å². The van der Waals surface area contributed by atoms with E-state index < -0.39 is 0 Å². The van der Waals surface area contributed by atoms with Crippen LogP contribution in [0, 0.1) is 0 Å². The lowest BCUT2D eigenvalue weighted by atomic mass is 10.3. The minimum absolute atomic E-state index is 0.130. The molecule has 0 aliphatic carbocycles. The number of nitrogen functional groups attached to an aromatic ring is 1. The van der Waals surface area contributed by atoms with Gasteiger partial charge in [-0.05, 0) is 6.92 Å². The fourth-order valence-corrected chi connectivity index (χ4v) is 0.494. The molecule has 0 fully saturated rings. The van der Waals surface area contributed by atoms with Gasteiger partial charge < -0.3 is 16.5 Å². The fourth-order valence-electron chi connectivity index (χ4n) is 0.494. The molecule has 0 spiro atoms. The number of nitrogens with zero attached hydrogens (tertiary/aromatic N) is 2. The Morgan fingerprint density at radius 2 is 2.22 bits per heavy atom. The van der Waals surface area contributed by atoms with Gasteiger partial charge in [-0.1, -0.05) is 0 Å². The summed E-state index contributed by atoms with van der Waals surface area (Å²) < 4.78 is 0. The molecule has 0 bridgehead atoms. The van der Waals surface area contributed by atoms with E-state index in [-0.39, 0.29) is 6.04 Å². The first-order chi connectivity index (χ1) is 4.20. The third kappa shape index (κ3) is 1.17. The van der Waals surface area contributed by atoms with Gasteiger partial charge >= 0.3 is 0 Å². The summed E-state index contributed by atoms with van der Waals surface area (Å²) in [4.78, 5) is 2.71. The van der Waals surface area contributed by atoms with Gasteiger partial charge in [0.15, 0.2) is 0 Å². The lowest BCUT2D eigenvalue weighted by Gasteiger charge is -1.94. The predicted octanol–water partition coefficient (Wildman–Crippen LogP) is -0.593. The summed E-state index contributed by atoms with van der Waals surface area (Å²) >= 11 is 0. The van der Waals surface area contributed by atoms with Crippen molar-refractivity contribution < 1.29 is 0 Å². The van der Waals surface area contributed by atoms with Crippen LogP contribution in [0.25, 0.3) is 0 Å². The molecule has 1 aromatic rings. The maximum absolute atomic E-state index is 5.44. The SMILES string of the molecule is CC(N)c1nnc(N)[nH]1. The smallest absolute Gasteiger partial charge is 0.219 e. The van der Waals surface area contributed by atoms with Gasteiger partial charge in [-0.25, -0.2) is 0 Å². The molecule has 50 valence electrons. The lowest BCUT2D eigenvalue weighted by molar-refractivity contribution is 0.745. The van der Waals surface area contributed by atoms with E-state index >= 15 is 0 Å². The molecule has 5 nitrogen and oxygen atoms in total. The van der Waals surface area contributed by atoms with Crippen molar-refractivity contribution in [2.75, 3.05) is 5.73 Å². The van der Waals surface area contributed by atoms with E-state index in [9.17, 15) is 0 Å². The molecule has 0 aliphatic heterocycles. The van der Waals surface area contributed by atoms with Gasteiger partial charge in [0.05, 0.1) is 6.04 Å². The first-order valence-corrected chi connectivity index (χ1v) is 2.64. The van der Waals surface area contributed by atoms with E-state index in [1.165, 1.54) is 0 Å². The summed E-state index contributed by atoms with van der Waals surface area (Å²) in [7, 11) is 0. The maximum Gasteiger partial charge on any atom is 0.219 e. The minimum atomic E-state index is -0.130. The maximum atomic E-state index is 5.44. The first kappa shape index (κ1) is 6.03. The van der Waals surface area contributed by atoms with E-state index in [1.807, 2.05) is 0 Å². The molecule has 5 N–H and O–H groups in total. The highest BCUT2D eigenvalue weighted by Crippen LogP contribution is 2.01. The molecule has 0 aromatic carbocycles. The second kappa shape index (κ2) is 2.02. The van der Waals surface area contributed by atoms with Gasteiger partial charge in [-0.3, -0.25) is 0 Å². The van der Waals surface area contributed by atoms with Crippen molar-refractivity contribution in [3.8, 4) is 0 Å². The van der Waals surface area contributed by atoms with E-state index in [1.54, 1.807) is 6.92 Å². The zero-order chi connectivity index (χ0) is 6.85. The normalized spacial score (nSPS) is 13.6. The van der Waals surface area contributed by atoms with E-state index in [2.05, 4.69) is 15.2 Å². The number of anilines is 1. The molecule has 5 heteroatoms. The topological polar surface area (TPSA) is 93.6 Å². The first-order valence-electron chi connectivity index (χ1n) is 2.64. The molecule has 0 radical (unpaired) electrons. The Morgan fingerprint density at radius 3 is 2.44 bits per heavy atom. The lowest BCUT2D eigenvalue weighted by Crippen LogP contribution is -2.06. The summed E-state index contributed by atoms with van der Waals surface area (Å²) in [6.45, 7) is 1.81. The predicted molar refractivity (Wildman–Crippen MR) is 33.4 cm³/mol. The molecule has 0 saturated heterocycles. The summed E-state index contributed by atoms with van der Waals surface area (Å²) in [6.07, 6.45) is 0. The van der Waals surface area contributed by atoms with Gasteiger partial charge in [-0.2, -0.15) is 0 Å². The quantitative estimate of drug-likeness (QED) is 0.470. The van der Waals surface area contributed by atoms with Crippen molar-refractivity contribution in [2.45, 2.75) is 13.0 Å². The van der Waals surface area contributed by atoms with Crippen molar-refractivity contribution in [2.24, 2.45) is 5.73 Å². The Balaban J connectivity index is 2.85. The molecule has 1 unspecified atom stereocenters. The largest absolute Gasteiger partial charge is 0.368 e. The van der Waals surface area contributed by atoms with Gasteiger partial charge in [-0.15, -0.1) is 10.2 Å². The molecule has 1 aromatic heterocycles. The molecule has 1 heterocycles. The van der Waals surface area contributed by atoms with Crippen molar-refractivity contribution in [1.29, 1.82) is 0 Å². The molecular weight excluding hydrogens is 118 g/mol. The second-order valence-electron chi connectivity index (χ2n) is 1.88. The van der Waals surface area contributed by atoms with Gasteiger partial charge in [0, 0.05) is 0 Å². The number of nitrogens with two attached hydrogens (primary N) is 2. The molecular formula is C4H9N5. The highest BCUT2D eigenvalue weighted by atomic mass is 15.3. The highest BCUT2D eigenvalue weighted by molar-refractivity contribution is 5.13. The second-order valence-corrected chi connectivity index (χ2v) is 1.88. The number of nitrogens with one attached hydrogen (secondary N) is 1. The fraction of sp³-hybridized carbons (Fsp3) is 0.500. The van der Waals surface area contributed by atoms with Gasteiger partial charge in [0.1, 0.15) is 5.82 Å². The van der Waals surface area contributed by atoms with Crippen molar-refractivity contribution in [3.05, 3.63) is 5.82 Å². The van der Waals surface area contributed by atoms with Crippen molar-refractivity contribution in [3.63, 3.8) is 0 Å². The van der Waals surface area contributed by atoms with Crippen LogP contribution < -0.4 is 11.5 Å². The van der Waals surface area contributed by atoms with Crippen LogP contribution in [-0.4, -0.2) is 15.2 Å². The average molecular weight is 127 g/mol. The van der Waals surface area contributed by atoms with Crippen LogP contribution in [0.3, 0.4) is 0 Å². The number of aromatic amines is 1. The number of hydrogen-bond acceptors (Lipinski definition) is 4. The van der Waals surface area contributed by atoms with Crippen LogP contribution in [0.2, 0.25) is 0 Å². The summed E-state index contributed by atoms with van der Waals surface area (Å²) in [5.74, 6) is 0.926. The monoisotopic (exact) mass is 127 g/mol. The third-order valence-corrected chi connectivity index (χ3v) is 0.953. The molecule has 9 heavy (non-hydrogen) atoms. The van der Waals surface area contributed by atoms with Crippen LogP contribution >= 0.6 is 0 Å². The number of H-pyrrole nitrogens is 1. The molecule has 1 atom stereocenters. The van der Waals surface area contributed by atoms with Crippen molar-refractivity contribution in [1.82, 2.24) is 15.2 Å². The van der Waals surface area contributed by atoms with E-state index in [4.69, 9.17) is 11.5 Å². The summed E-state index contributed by atoms with van der Waals surface area (Å²) in [6, 6.07) is -0.130. The Hall–Kier alpha value is -1.10. The Labute approximate surface area is 52.5 Å². The molecule has 1 rings (SSSR count). The summed E-state index contributed by atoms with van der Waals surface area (Å²) in [5.41, 5.74) is 10.7. The van der Waals surface area contributed by atoms with Crippen LogP contribution in [0.15, 0.2) is 0 Å².